The average Bonchev–Trinajstić information content (AvgIpc) is 2.34. The van der Waals surface area contributed by atoms with Gasteiger partial charge in [-0.15, -0.1) is 0 Å². The zero-order chi connectivity index (χ0) is 16.3. The minimum absolute atomic E-state index is 0.0821. The van der Waals surface area contributed by atoms with Crippen LogP contribution in [0.3, 0.4) is 0 Å². The number of hydrogen-bond acceptors (Lipinski definition) is 3. The predicted molar refractivity (Wildman–Crippen MR) is 74.5 cm³/mol. The third-order valence-corrected chi connectivity index (χ3v) is 4.60. The number of rotatable bonds is 5. The minimum Gasteiger partial charge on any atom is -0.384 e. The maximum absolute atomic E-state index is 12.7. The van der Waals surface area contributed by atoms with Crippen LogP contribution in [0.5, 0.6) is 0 Å². The second-order valence-electron chi connectivity index (χ2n) is 4.98. The number of alkyl halides is 3. The van der Waals surface area contributed by atoms with Gasteiger partial charge in [0.15, 0.2) is 9.84 Å². The third-order valence-electron chi connectivity index (χ3n) is 2.90. The number of benzene rings is 1. The first-order valence-electron chi connectivity index (χ1n) is 6.20. The Hall–Kier alpha value is -1.34. The largest absolute Gasteiger partial charge is 0.416 e. The second-order valence-corrected chi connectivity index (χ2v) is 7.09. The van der Waals surface area contributed by atoms with E-state index < -0.39 is 32.9 Å². The Labute approximate surface area is 122 Å². The van der Waals surface area contributed by atoms with Gasteiger partial charge in [0.2, 0.25) is 0 Å². The first kappa shape index (κ1) is 17.7. The number of halogens is 3. The van der Waals surface area contributed by atoms with E-state index in [-0.39, 0.29) is 11.3 Å². The van der Waals surface area contributed by atoms with Gasteiger partial charge in [-0.1, -0.05) is 24.3 Å². The van der Waals surface area contributed by atoms with Crippen molar-refractivity contribution >= 4 is 9.84 Å². The molecule has 0 spiro atoms. The highest BCUT2D eigenvalue weighted by Gasteiger charge is 2.34. The van der Waals surface area contributed by atoms with Crippen LogP contribution < -0.4 is 0 Å². The summed E-state index contributed by atoms with van der Waals surface area (Å²) in [5.74, 6) is -0.912. The third kappa shape index (κ3) is 5.17. The van der Waals surface area contributed by atoms with E-state index >= 15 is 0 Å². The quantitative estimate of drug-likeness (QED) is 0.848. The molecule has 0 aliphatic heterocycles. The van der Waals surface area contributed by atoms with Gasteiger partial charge >= 0.3 is 6.18 Å². The van der Waals surface area contributed by atoms with Crippen molar-refractivity contribution in [3.05, 3.63) is 47.5 Å². The summed E-state index contributed by atoms with van der Waals surface area (Å²) in [6.45, 7) is 2.84. The van der Waals surface area contributed by atoms with Crippen molar-refractivity contribution in [1.82, 2.24) is 0 Å². The Kier molecular flexibility index (Phi) is 5.22. The molecule has 7 heteroatoms. The lowest BCUT2D eigenvalue weighted by Gasteiger charge is -2.24. The Bertz CT molecular complexity index is 617. The molecule has 0 saturated heterocycles. The van der Waals surface area contributed by atoms with Gasteiger partial charge in [-0.2, -0.15) is 13.2 Å². The first-order chi connectivity index (χ1) is 9.48. The van der Waals surface area contributed by atoms with Crippen molar-refractivity contribution in [3.63, 3.8) is 0 Å². The van der Waals surface area contributed by atoms with Gasteiger partial charge in [-0.05, 0) is 31.5 Å². The first-order valence-corrected chi connectivity index (χ1v) is 8.02. The summed E-state index contributed by atoms with van der Waals surface area (Å²) in [6, 6.07) is 4.06. The fourth-order valence-electron chi connectivity index (χ4n) is 1.84. The number of aliphatic hydroxyl groups is 1. The van der Waals surface area contributed by atoms with Crippen LogP contribution >= 0.6 is 0 Å². The molecule has 1 atom stereocenters. The van der Waals surface area contributed by atoms with Gasteiger partial charge in [0.1, 0.15) is 5.60 Å². The van der Waals surface area contributed by atoms with Crippen LogP contribution in [0.2, 0.25) is 0 Å². The summed E-state index contributed by atoms with van der Waals surface area (Å²) in [4.78, 5) is 0. The van der Waals surface area contributed by atoms with E-state index in [9.17, 15) is 26.7 Å². The van der Waals surface area contributed by atoms with Crippen molar-refractivity contribution in [3.8, 4) is 0 Å². The highest BCUT2D eigenvalue weighted by molar-refractivity contribution is 7.91. The molecular weight excluding hydrogens is 305 g/mol. The van der Waals surface area contributed by atoms with Gasteiger partial charge < -0.3 is 5.11 Å². The second kappa shape index (κ2) is 6.19. The van der Waals surface area contributed by atoms with Crippen LogP contribution in [0.4, 0.5) is 13.2 Å². The standard InChI is InChI=1S/C14H17F3O3S/c1-3-4-8-21(19,20)10-13(2,18)11-6-5-7-12(9-11)14(15,16)17/h3-7,9,18H,8,10H2,1-2H3/b4-3+. The molecule has 0 fully saturated rings. The Balaban J connectivity index is 3.08. The van der Waals surface area contributed by atoms with Crippen LogP contribution in [0, 0.1) is 0 Å². The van der Waals surface area contributed by atoms with Crippen LogP contribution in [-0.4, -0.2) is 25.0 Å². The monoisotopic (exact) mass is 322 g/mol. The van der Waals surface area contributed by atoms with Gasteiger partial charge in [0, 0.05) is 0 Å². The van der Waals surface area contributed by atoms with Gasteiger partial charge in [0.25, 0.3) is 0 Å². The molecule has 1 unspecified atom stereocenters. The normalized spacial score (nSPS) is 16.1. The average molecular weight is 322 g/mol. The molecule has 0 bridgehead atoms. The Morgan fingerprint density at radius 2 is 1.81 bits per heavy atom. The van der Waals surface area contributed by atoms with Crippen molar-refractivity contribution in [2.75, 3.05) is 11.5 Å². The zero-order valence-corrected chi connectivity index (χ0v) is 12.5. The lowest BCUT2D eigenvalue weighted by Crippen LogP contribution is -2.32. The van der Waals surface area contributed by atoms with E-state index in [1.807, 2.05) is 0 Å². The van der Waals surface area contributed by atoms with E-state index in [1.165, 1.54) is 19.1 Å². The molecule has 1 rings (SSSR count). The summed E-state index contributed by atoms with van der Waals surface area (Å²) in [5.41, 5.74) is -2.89. The van der Waals surface area contributed by atoms with E-state index in [1.54, 1.807) is 13.0 Å². The van der Waals surface area contributed by atoms with Gasteiger partial charge in [-0.25, -0.2) is 8.42 Å². The molecule has 3 nitrogen and oxygen atoms in total. The zero-order valence-electron chi connectivity index (χ0n) is 11.7. The highest BCUT2D eigenvalue weighted by Crippen LogP contribution is 2.32. The van der Waals surface area contributed by atoms with Crippen molar-refractivity contribution in [2.45, 2.75) is 25.6 Å². The molecular formula is C14H17F3O3S. The SMILES string of the molecule is C/C=C/CS(=O)(=O)CC(C)(O)c1cccc(C(F)(F)F)c1. The highest BCUT2D eigenvalue weighted by atomic mass is 32.2. The summed E-state index contributed by atoms with van der Waals surface area (Å²) >= 11 is 0. The maximum atomic E-state index is 12.7. The van der Waals surface area contributed by atoms with Crippen LogP contribution in [0.25, 0.3) is 0 Å². The summed E-state index contributed by atoms with van der Waals surface area (Å²) in [6.07, 6.45) is -1.58. The number of hydrogen-bond donors (Lipinski definition) is 1. The van der Waals surface area contributed by atoms with E-state index in [2.05, 4.69) is 0 Å². The fraction of sp³-hybridized carbons (Fsp3) is 0.429. The predicted octanol–water partition coefficient (Wildman–Crippen LogP) is 2.90. The number of sulfone groups is 1. The lowest BCUT2D eigenvalue weighted by atomic mass is 9.96. The Morgan fingerprint density at radius 3 is 2.33 bits per heavy atom. The summed E-state index contributed by atoms with van der Waals surface area (Å²) in [7, 11) is -3.62. The molecule has 0 aliphatic carbocycles. The molecule has 0 aromatic heterocycles. The molecule has 21 heavy (non-hydrogen) atoms. The van der Waals surface area contributed by atoms with Gasteiger partial charge in [-0.3, -0.25) is 0 Å². The summed E-state index contributed by atoms with van der Waals surface area (Å²) in [5, 5.41) is 10.2. The molecule has 0 heterocycles. The van der Waals surface area contributed by atoms with Gasteiger partial charge in [0.05, 0.1) is 17.1 Å². The smallest absolute Gasteiger partial charge is 0.384 e. The molecule has 0 aliphatic rings. The molecule has 0 saturated carbocycles. The van der Waals surface area contributed by atoms with Crippen LogP contribution in [0.1, 0.15) is 25.0 Å². The minimum atomic E-state index is -4.55. The summed E-state index contributed by atoms with van der Waals surface area (Å²) < 4.78 is 61.6. The maximum Gasteiger partial charge on any atom is 0.416 e. The fourth-order valence-corrected chi connectivity index (χ4v) is 3.47. The molecule has 118 valence electrons. The van der Waals surface area contributed by atoms with E-state index in [4.69, 9.17) is 0 Å². The molecule has 0 amide bonds. The molecule has 1 aromatic carbocycles. The molecule has 0 radical (unpaired) electrons. The van der Waals surface area contributed by atoms with E-state index in [0.717, 1.165) is 18.2 Å². The van der Waals surface area contributed by atoms with Crippen molar-refractivity contribution in [2.24, 2.45) is 0 Å². The van der Waals surface area contributed by atoms with Crippen LogP contribution in [-0.2, 0) is 21.6 Å². The topological polar surface area (TPSA) is 54.4 Å². The Morgan fingerprint density at radius 1 is 1.24 bits per heavy atom. The van der Waals surface area contributed by atoms with Crippen LogP contribution in [0.15, 0.2) is 36.4 Å². The lowest BCUT2D eigenvalue weighted by molar-refractivity contribution is -0.137. The van der Waals surface area contributed by atoms with Crippen molar-refractivity contribution in [1.29, 1.82) is 0 Å². The molecule has 1 aromatic rings. The molecule has 1 N–H and O–H groups in total. The van der Waals surface area contributed by atoms with E-state index in [0.29, 0.717) is 0 Å². The van der Waals surface area contributed by atoms with Crippen molar-refractivity contribution < 1.29 is 26.7 Å². The number of allylic oxidation sites excluding steroid dienone is 1.